The normalized spacial score (nSPS) is 17.0. The molecule has 1 fully saturated rings. The Morgan fingerprint density at radius 1 is 1.38 bits per heavy atom. The summed E-state index contributed by atoms with van der Waals surface area (Å²) in [5.41, 5.74) is 3.09. The highest BCUT2D eigenvalue weighted by Gasteiger charge is 2.18. The number of nitrogens with zero attached hydrogens (tertiary/aromatic N) is 2. The van der Waals surface area contributed by atoms with Gasteiger partial charge in [0.25, 0.3) is 0 Å². The van der Waals surface area contributed by atoms with Crippen LogP contribution in [0.3, 0.4) is 0 Å². The van der Waals surface area contributed by atoms with Gasteiger partial charge in [-0.05, 0) is 18.1 Å². The molecule has 1 amide bonds. The van der Waals surface area contributed by atoms with E-state index in [4.69, 9.17) is 9.84 Å². The molecular weight excluding hydrogens is 352 g/mol. The smallest absolute Gasteiger partial charge is 0.221 e. The van der Waals surface area contributed by atoms with Gasteiger partial charge in [0, 0.05) is 37.3 Å². The second-order valence-electron chi connectivity index (χ2n) is 6.68. The lowest BCUT2D eigenvalue weighted by molar-refractivity contribution is -0.122. The number of nitrogens with one attached hydrogen (secondary N) is 2. The molecule has 6 nitrogen and oxygen atoms in total. The second kappa shape index (κ2) is 9.71. The number of benzene rings is 1. The first kappa shape index (κ1) is 20.4. The van der Waals surface area contributed by atoms with Crippen molar-refractivity contribution in [3.8, 4) is 5.69 Å². The standard InChI is InChI=1S/C19H26N4O2.ClH/c1-14(2)19-15(12-23(22-19)17-6-4-3-5-7-17)11-21-18(24)10-16-13-25-9-8-20-16;/h3-7,12,14,16,20H,8-11,13H2,1-2H3,(H,21,24);1H. The van der Waals surface area contributed by atoms with Crippen molar-refractivity contribution in [2.45, 2.75) is 38.8 Å². The van der Waals surface area contributed by atoms with Gasteiger partial charge in [-0.15, -0.1) is 12.4 Å². The predicted molar refractivity (Wildman–Crippen MR) is 104 cm³/mol. The lowest BCUT2D eigenvalue weighted by Gasteiger charge is -2.23. The molecule has 1 aliphatic heterocycles. The van der Waals surface area contributed by atoms with Crippen LogP contribution in [0.15, 0.2) is 36.5 Å². The summed E-state index contributed by atoms with van der Waals surface area (Å²) in [6, 6.07) is 10.1. The van der Waals surface area contributed by atoms with Gasteiger partial charge in [0.15, 0.2) is 0 Å². The zero-order valence-electron chi connectivity index (χ0n) is 15.3. The molecule has 1 atom stereocenters. The zero-order valence-corrected chi connectivity index (χ0v) is 16.1. The molecule has 0 saturated carbocycles. The maximum atomic E-state index is 12.2. The summed E-state index contributed by atoms with van der Waals surface area (Å²) in [5.74, 6) is 0.329. The summed E-state index contributed by atoms with van der Waals surface area (Å²) in [5, 5.41) is 11.0. The largest absolute Gasteiger partial charge is 0.378 e. The lowest BCUT2D eigenvalue weighted by Crippen LogP contribution is -2.44. The quantitative estimate of drug-likeness (QED) is 0.810. The fourth-order valence-electron chi connectivity index (χ4n) is 3.00. The molecule has 7 heteroatoms. The third-order valence-corrected chi connectivity index (χ3v) is 4.30. The first-order valence-corrected chi connectivity index (χ1v) is 8.85. The fraction of sp³-hybridized carbons (Fsp3) is 0.474. The summed E-state index contributed by atoms with van der Waals surface area (Å²) in [4.78, 5) is 12.2. The van der Waals surface area contributed by atoms with E-state index in [9.17, 15) is 4.79 Å². The van der Waals surface area contributed by atoms with E-state index in [-0.39, 0.29) is 24.4 Å². The molecule has 142 valence electrons. The zero-order chi connectivity index (χ0) is 17.6. The van der Waals surface area contributed by atoms with E-state index in [1.807, 2.05) is 41.2 Å². The Hall–Kier alpha value is -1.89. The monoisotopic (exact) mass is 378 g/mol. The maximum absolute atomic E-state index is 12.2. The highest BCUT2D eigenvalue weighted by molar-refractivity contribution is 5.85. The van der Waals surface area contributed by atoms with E-state index >= 15 is 0 Å². The molecule has 2 N–H and O–H groups in total. The molecular formula is C19H27ClN4O2. The Balaban J connectivity index is 0.00000243. The molecule has 3 rings (SSSR count). The first-order chi connectivity index (χ1) is 12.1. The Morgan fingerprint density at radius 2 is 2.15 bits per heavy atom. The number of amides is 1. The number of carbonyl (C=O) groups excluding carboxylic acids is 1. The number of carbonyl (C=O) groups is 1. The van der Waals surface area contributed by atoms with Crippen molar-refractivity contribution in [3.05, 3.63) is 47.8 Å². The minimum Gasteiger partial charge on any atom is -0.378 e. The lowest BCUT2D eigenvalue weighted by atomic mass is 10.1. The van der Waals surface area contributed by atoms with Gasteiger partial charge in [-0.3, -0.25) is 4.79 Å². The minimum absolute atomic E-state index is 0. The van der Waals surface area contributed by atoms with Crippen molar-refractivity contribution in [2.75, 3.05) is 19.8 Å². The number of hydrogen-bond acceptors (Lipinski definition) is 4. The number of rotatable bonds is 6. The number of para-hydroxylation sites is 1. The molecule has 1 aromatic heterocycles. The average molecular weight is 379 g/mol. The van der Waals surface area contributed by atoms with Crippen LogP contribution in [0, 0.1) is 0 Å². The van der Waals surface area contributed by atoms with Gasteiger partial charge in [0.1, 0.15) is 0 Å². The molecule has 0 aliphatic carbocycles. The van der Waals surface area contributed by atoms with Crippen LogP contribution < -0.4 is 10.6 Å². The van der Waals surface area contributed by atoms with Crippen molar-refractivity contribution < 1.29 is 9.53 Å². The molecule has 2 heterocycles. The van der Waals surface area contributed by atoms with Gasteiger partial charge in [-0.2, -0.15) is 5.10 Å². The molecule has 0 bridgehead atoms. The number of morpholine rings is 1. The highest BCUT2D eigenvalue weighted by atomic mass is 35.5. The van der Waals surface area contributed by atoms with Crippen LogP contribution in [0.1, 0.15) is 37.4 Å². The molecule has 1 aromatic carbocycles. The Morgan fingerprint density at radius 3 is 2.81 bits per heavy atom. The predicted octanol–water partition coefficient (Wildman–Crippen LogP) is 2.41. The SMILES string of the molecule is CC(C)c1nn(-c2ccccc2)cc1CNC(=O)CC1COCCN1.Cl. The summed E-state index contributed by atoms with van der Waals surface area (Å²) < 4.78 is 7.28. The van der Waals surface area contributed by atoms with Crippen molar-refractivity contribution in [1.29, 1.82) is 0 Å². The fourth-order valence-corrected chi connectivity index (χ4v) is 3.00. The summed E-state index contributed by atoms with van der Waals surface area (Å²) in [6.45, 7) is 6.84. The summed E-state index contributed by atoms with van der Waals surface area (Å²) in [6.07, 6.45) is 2.44. The molecule has 2 aromatic rings. The number of hydrogen-bond donors (Lipinski definition) is 2. The van der Waals surface area contributed by atoms with Crippen LogP contribution in [0.4, 0.5) is 0 Å². The molecule has 1 aliphatic rings. The van der Waals surface area contributed by atoms with E-state index in [1.54, 1.807) is 0 Å². The van der Waals surface area contributed by atoms with Gasteiger partial charge >= 0.3 is 0 Å². The van der Waals surface area contributed by atoms with E-state index in [0.717, 1.165) is 23.5 Å². The first-order valence-electron chi connectivity index (χ1n) is 8.85. The van der Waals surface area contributed by atoms with Gasteiger partial charge in [-0.25, -0.2) is 4.68 Å². The molecule has 0 radical (unpaired) electrons. The maximum Gasteiger partial charge on any atom is 0.221 e. The third kappa shape index (κ3) is 5.30. The van der Waals surface area contributed by atoms with E-state index in [1.165, 1.54) is 0 Å². The van der Waals surface area contributed by atoms with Gasteiger partial charge in [0.05, 0.1) is 24.6 Å². The van der Waals surface area contributed by atoms with E-state index in [2.05, 4.69) is 24.5 Å². The topological polar surface area (TPSA) is 68.2 Å². The van der Waals surface area contributed by atoms with Gasteiger partial charge in [-0.1, -0.05) is 32.0 Å². The van der Waals surface area contributed by atoms with Gasteiger partial charge in [0.2, 0.25) is 5.91 Å². The van der Waals surface area contributed by atoms with Crippen molar-refractivity contribution >= 4 is 18.3 Å². The van der Waals surface area contributed by atoms with Crippen LogP contribution in [0.5, 0.6) is 0 Å². The van der Waals surface area contributed by atoms with Crippen LogP contribution in [0.25, 0.3) is 5.69 Å². The third-order valence-electron chi connectivity index (χ3n) is 4.30. The summed E-state index contributed by atoms with van der Waals surface area (Å²) in [7, 11) is 0. The number of aromatic nitrogens is 2. The van der Waals surface area contributed by atoms with E-state index in [0.29, 0.717) is 32.1 Å². The molecule has 26 heavy (non-hydrogen) atoms. The number of halogens is 1. The Kier molecular flexibility index (Phi) is 7.63. The molecule has 0 spiro atoms. The Bertz CT molecular complexity index is 697. The van der Waals surface area contributed by atoms with Crippen LogP contribution in [0.2, 0.25) is 0 Å². The van der Waals surface area contributed by atoms with Crippen LogP contribution in [-0.4, -0.2) is 41.5 Å². The van der Waals surface area contributed by atoms with Crippen LogP contribution in [-0.2, 0) is 16.1 Å². The minimum atomic E-state index is 0. The van der Waals surface area contributed by atoms with E-state index < -0.39 is 0 Å². The molecule has 1 unspecified atom stereocenters. The molecule has 1 saturated heterocycles. The van der Waals surface area contributed by atoms with Crippen molar-refractivity contribution in [3.63, 3.8) is 0 Å². The van der Waals surface area contributed by atoms with Crippen molar-refractivity contribution in [1.82, 2.24) is 20.4 Å². The van der Waals surface area contributed by atoms with Gasteiger partial charge < -0.3 is 15.4 Å². The van der Waals surface area contributed by atoms with Crippen LogP contribution >= 0.6 is 12.4 Å². The number of ether oxygens (including phenoxy) is 1. The van der Waals surface area contributed by atoms with Crippen molar-refractivity contribution in [2.24, 2.45) is 0 Å². The Labute approximate surface area is 160 Å². The average Bonchev–Trinajstić information content (AvgIpc) is 3.06. The second-order valence-corrected chi connectivity index (χ2v) is 6.68. The highest BCUT2D eigenvalue weighted by Crippen LogP contribution is 2.20. The summed E-state index contributed by atoms with van der Waals surface area (Å²) >= 11 is 0.